The van der Waals surface area contributed by atoms with Crippen LogP contribution in [0, 0.1) is 0 Å². The van der Waals surface area contributed by atoms with Crippen LogP contribution in [0.4, 0.5) is 0 Å². The van der Waals surface area contributed by atoms with Crippen LogP contribution in [0.25, 0.3) is 0 Å². The van der Waals surface area contributed by atoms with Gasteiger partial charge >= 0.3 is 5.97 Å². The topological polar surface area (TPSA) is 66.4 Å². The lowest BCUT2D eigenvalue weighted by Gasteiger charge is -2.19. The lowest BCUT2D eigenvalue weighted by atomic mass is 9.98. The molecule has 0 saturated heterocycles. The third kappa shape index (κ3) is 5.13. The number of rotatable bonds is 8. The molecule has 0 radical (unpaired) electrons. The Balaban J connectivity index is 2.81. The molecule has 2 N–H and O–H groups in total. The van der Waals surface area contributed by atoms with E-state index in [1.54, 1.807) is 0 Å². The van der Waals surface area contributed by atoms with Crippen LogP contribution in [0.3, 0.4) is 0 Å². The number of nitrogens with one attached hydrogen (secondary N) is 1. The molecule has 1 atom stereocenters. The summed E-state index contributed by atoms with van der Waals surface area (Å²) in [5.74, 6) is -0.919. The van der Waals surface area contributed by atoms with Gasteiger partial charge in [0.2, 0.25) is 0 Å². The molecule has 20 heavy (non-hydrogen) atoms. The molecule has 0 heterocycles. The van der Waals surface area contributed by atoms with E-state index in [4.69, 9.17) is 5.11 Å². The van der Waals surface area contributed by atoms with Crippen molar-refractivity contribution >= 4 is 11.8 Å². The molecule has 0 aliphatic heterocycles. The molecule has 110 valence electrons. The van der Waals surface area contributed by atoms with Gasteiger partial charge < -0.3 is 10.4 Å². The van der Waals surface area contributed by atoms with E-state index in [0.29, 0.717) is 12.0 Å². The van der Waals surface area contributed by atoms with E-state index in [0.717, 1.165) is 6.42 Å². The standard InChI is InChI=1S/C16H23NO3/c1-4-12-5-7-13(8-6-12)16(20)14(17-11(2)3)9-10-15(18)19/h5-8,11,14,17H,4,9-10H2,1-3H3,(H,18,19). The fourth-order valence-electron chi connectivity index (χ4n) is 2.07. The Hall–Kier alpha value is -1.68. The van der Waals surface area contributed by atoms with Crippen molar-refractivity contribution in [2.45, 2.75) is 52.1 Å². The molecule has 0 amide bonds. The zero-order chi connectivity index (χ0) is 15.1. The van der Waals surface area contributed by atoms with Gasteiger partial charge in [-0.1, -0.05) is 45.0 Å². The summed E-state index contributed by atoms with van der Waals surface area (Å²) in [5, 5.41) is 11.9. The number of benzene rings is 1. The van der Waals surface area contributed by atoms with Gasteiger partial charge in [0.05, 0.1) is 6.04 Å². The molecule has 0 aliphatic carbocycles. The van der Waals surface area contributed by atoms with Gasteiger partial charge in [0, 0.05) is 18.0 Å². The molecule has 0 saturated carbocycles. The molecule has 1 aromatic rings. The smallest absolute Gasteiger partial charge is 0.303 e. The number of carboxylic acid groups (broad SMARTS) is 1. The lowest BCUT2D eigenvalue weighted by molar-refractivity contribution is -0.137. The zero-order valence-corrected chi connectivity index (χ0v) is 12.3. The average Bonchev–Trinajstić information content (AvgIpc) is 2.42. The van der Waals surface area contributed by atoms with Crippen molar-refractivity contribution in [1.29, 1.82) is 0 Å². The van der Waals surface area contributed by atoms with Gasteiger partial charge in [0.25, 0.3) is 0 Å². The second kappa shape index (κ2) is 7.80. The van der Waals surface area contributed by atoms with Gasteiger partial charge in [0.1, 0.15) is 0 Å². The SMILES string of the molecule is CCc1ccc(C(=O)C(CCC(=O)O)NC(C)C)cc1. The summed E-state index contributed by atoms with van der Waals surface area (Å²) in [4.78, 5) is 23.1. The van der Waals surface area contributed by atoms with Crippen molar-refractivity contribution < 1.29 is 14.7 Å². The largest absolute Gasteiger partial charge is 0.481 e. The van der Waals surface area contributed by atoms with E-state index in [1.165, 1.54) is 5.56 Å². The minimum Gasteiger partial charge on any atom is -0.481 e. The lowest BCUT2D eigenvalue weighted by Crippen LogP contribution is -2.41. The minimum atomic E-state index is -0.880. The monoisotopic (exact) mass is 277 g/mol. The number of hydrogen-bond donors (Lipinski definition) is 2. The third-order valence-electron chi connectivity index (χ3n) is 3.14. The molecular weight excluding hydrogens is 254 g/mol. The van der Waals surface area contributed by atoms with Crippen LogP contribution >= 0.6 is 0 Å². The Morgan fingerprint density at radius 1 is 1.20 bits per heavy atom. The first-order valence-corrected chi connectivity index (χ1v) is 7.05. The highest BCUT2D eigenvalue weighted by molar-refractivity contribution is 6.00. The molecule has 1 unspecified atom stereocenters. The Labute approximate surface area is 120 Å². The van der Waals surface area contributed by atoms with Crippen molar-refractivity contribution in [3.63, 3.8) is 0 Å². The fourth-order valence-corrected chi connectivity index (χ4v) is 2.07. The van der Waals surface area contributed by atoms with Gasteiger partial charge in [-0.15, -0.1) is 0 Å². The quantitative estimate of drug-likeness (QED) is 0.717. The maximum Gasteiger partial charge on any atom is 0.303 e. The first-order chi connectivity index (χ1) is 9.43. The number of aliphatic carboxylic acids is 1. The van der Waals surface area contributed by atoms with Gasteiger partial charge in [-0.2, -0.15) is 0 Å². The molecular formula is C16H23NO3. The van der Waals surface area contributed by atoms with Crippen molar-refractivity contribution in [1.82, 2.24) is 5.32 Å². The fraction of sp³-hybridized carbons (Fsp3) is 0.500. The van der Waals surface area contributed by atoms with Crippen LogP contribution < -0.4 is 5.32 Å². The zero-order valence-electron chi connectivity index (χ0n) is 12.3. The van der Waals surface area contributed by atoms with Crippen molar-refractivity contribution in [2.24, 2.45) is 0 Å². The van der Waals surface area contributed by atoms with Crippen LogP contribution in [-0.2, 0) is 11.2 Å². The molecule has 1 rings (SSSR count). The van der Waals surface area contributed by atoms with Crippen molar-refractivity contribution in [2.75, 3.05) is 0 Å². The van der Waals surface area contributed by atoms with E-state index in [2.05, 4.69) is 12.2 Å². The highest BCUT2D eigenvalue weighted by atomic mass is 16.4. The van der Waals surface area contributed by atoms with Crippen LogP contribution in [0.15, 0.2) is 24.3 Å². The molecule has 4 heteroatoms. The summed E-state index contributed by atoms with van der Waals surface area (Å²) in [7, 11) is 0. The Morgan fingerprint density at radius 3 is 2.25 bits per heavy atom. The number of Topliss-reactive ketones (excluding diaryl/α,β-unsaturated/α-hetero) is 1. The number of carboxylic acids is 1. The molecule has 0 aromatic heterocycles. The van der Waals surface area contributed by atoms with Crippen LogP contribution in [0.5, 0.6) is 0 Å². The van der Waals surface area contributed by atoms with E-state index >= 15 is 0 Å². The van der Waals surface area contributed by atoms with Crippen LogP contribution in [0.2, 0.25) is 0 Å². The van der Waals surface area contributed by atoms with Gasteiger partial charge in [-0.05, 0) is 18.4 Å². The predicted octanol–water partition coefficient (Wildman–Crippen LogP) is 2.66. The molecule has 4 nitrogen and oxygen atoms in total. The number of ketones is 1. The predicted molar refractivity (Wildman–Crippen MR) is 79.1 cm³/mol. The van der Waals surface area contributed by atoms with Gasteiger partial charge in [-0.3, -0.25) is 9.59 Å². The normalized spacial score (nSPS) is 12.4. The summed E-state index contributed by atoms with van der Waals surface area (Å²) in [6.07, 6.45) is 1.23. The molecule has 0 spiro atoms. The van der Waals surface area contributed by atoms with E-state index in [1.807, 2.05) is 38.1 Å². The highest BCUT2D eigenvalue weighted by Crippen LogP contribution is 2.11. The summed E-state index contributed by atoms with van der Waals surface area (Å²) < 4.78 is 0. The van der Waals surface area contributed by atoms with E-state index in [9.17, 15) is 9.59 Å². The summed E-state index contributed by atoms with van der Waals surface area (Å²) in [6.45, 7) is 5.95. The number of carbonyl (C=O) groups is 2. The molecule has 0 aliphatic rings. The third-order valence-corrected chi connectivity index (χ3v) is 3.14. The highest BCUT2D eigenvalue weighted by Gasteiger charge is 2.21. The second-order valence-electron chi connectivity index (χ2n) is 5.22. The van der Waals surface area contributed by atoms with Crippen LogP contribution in [0.1, 0.15) is 49.5 Å². The van der Waals surface area contributed by atoms with Crippen LogP contribution in [-0.4, -0.2) is 28.9 Å². The van der Waals surface area contributed by atoms with Crippen molar-refractivity contribution in [3.8, 4) is 0 Å². The molecule has 0 bridgehead atoms. The van der Waals surface area contributed by atoms with E-state index in [-0.39, 0.29) is 18.2 Å². The van der Waals surface area contributed by atoms with Gasteiger partial charge in [0.15, 0.2) is 5.78 Å². The summed E-state index contributed by atoms with van der Waals surface area (Å²) in [6, 6.07) is 7.20. The Bertz CT molecular complexity index is 451. The summed E-state index contributed by atoms with van der Waals surface area (Å²) in [5.41, 5.74) is 1.81. The number of aryl methyl sites for hydroxylation is 1. The Morgan fingerprint density at radius 2 is 1.80 bits per heavy atom. The number of hydrogen-bond acceptors (Lipinski definition) is 3. The van der Waals surface area contributed by atoms with Gasteiger partial charge in [-0.25, -0.2) is 0 Å². The Kier molecular flexibility index (Phi) is 6.39. The first kappa shape index (κ1) is 16.4. The average molecular weight is 277 g/mol. The second-order valence-corrected chi connectivity index (χ2v) is 5.22. The maximum atomic E-state index is 12.4. The number of carbonyl (C=O) groups excluding carboxylic acids is 1. The minimum absolute atomic E-state index is 0.0107. The molecule has 1 aromatic carbocycles. The summed E-state index contributed by atoms with van der Waals surface area (Å²) >= 11 is 0. The molecule has 0 fully saturated rings. The van der Waals surface area contributed by atoms with E-state index < -0.39 is 12.0 Å². The first-order valence-electron chi connectivity index (χ1n) is 7.05. The van der Waals surface area contributed by atoms with Crippen molar-refractivity contribution in [3.05, 3.63) is 35.4 Å². The maximum absolute atomic E-state index is 12.4.